The predicted octanol–water partition coefficient (Wildman–Crippen LogP) is 5.05. The van der Waals surface area contributed by atoms with Crippen molar-refractivity contribution in [3.63, 3.8) is 0 Å². The SMILES string of the molecule is C=C[C@H]1CN2CC[C@H]1C[C@H]2[C@H](OC(=O)c1ccc(OC)cc1)c1ccnc2ccc(OC)cc12. The van der Waals surface area contributed by atoms with Gasteiger partial charge in [0.2, 0.25) is 0 Å². The van der Waals surface area contributed by atoms with Crippen molar-refractivity contribution < 1.29 is 19.0 Å². The summed E-state index contributed by atoms with van der Waals surface area (Å²) in [4.78, 5) is 20.3. The highest BCUT2D eigenvalue weighted by molar-refractivity contribution is 5.90. The molecule has 1 aromatic heterocycles. The van der Waals surface area contributed by atoms with E-state index >= 15 is 0 Å². The lowest BCUT2D eigenvalue weighted by atomic mass is 9.73. The number of ether oxygens (including phenoxy) is 3. The lowest BCUT2D eigenvalue weighted by molar-refractivity contribution is -0.0568. The van der Waals surface area contributed by atoms with Gasteiger partial charge in [-0.05, 0) is 79.8 Å². The molecule has 176 valence electrons. The van der Waals surface area contributed by atoms with Gasteiger partial charge in [0.1, 0.15) is 17.6 Å². The van der Waals surface area contributed by atoms with E-state index in [4.69, 9.17) is 14.2 Å². The lowest BCUT2D eigenvalue weighted by Gasteiger charge is -2.51. The van der Waals surface area contributed by atoms with Crippen molar-refractivity contribution in [3.05, 3.63) is 78.5 Å². The molecule has 0 aliphatic carbocycles. The summed E-state index contributed by atoms with van der Waals surface area (Å²) < 4.78 is 17.0. The fourth-order valence-corrected chi connectivity index (χ4v) is 5.47. The number of esters is 1. The number of carbonyl (C=O) groups is 1. The fraction of sp³-hybridized carbons (Fsp3) is 0.357. The van der Waals surface area contributed by atoms with Crippen molar-refractivity contribution in [2.24, 2.45) is 11.8 Å². The molecule has 6 heteroatoms. The van der Waals surface area contributed by atoms with Crippen molar-refractivity contribution in [1.82, 2.24) is 9.88 Å². The summed E-state index contributed by atoms with van der Waals surface area (Å²) in [6, 6.07) is 14.9. The first-order chi connectivity index (χ1) is 16.6. The van der Waals surface area contributed by atoms with Gasteiger partial charge in [-0.2, -0.15) is 0 Å². The molecular weight excluding hydrogens is 428 g/mol. The predicted molar refractivity (Wildman–Crippen MR) is 131 cm³/mol. The maximum absolute atomic E-state index is 13.3. The zero-order valence-electron chi connectivity index (χ0n) is 19.6. The van der Waals surface area contributed by atoms with E-state index in [0.29, 0.717) is 23.1 Å². The highest BCUT2D eigenvalue weighted by Crippen LogP contribution is 2.44. The molecule has 6 nitrogen and oxygen atoms in total. The Morgan fingerprint density at radius 3 is 2.56 bits per heavy atom. The first kappa shape index (κ1) is 22.4. The van der Waals surface area contributed by atoms with Crippen LogP contribution in [-0.2, 0) is 4.74 Å². The number of rotatable bonds is 7. The Kier molecular flexibility index (Phi) is 6.24. The third-order valence-electron chi connectivity index (χ3n) is 7.35. The minimum atomic E-state index is -0.430. The number of hydrogen-bond donors (Lipinski definition) is 0. The second-order valence-electron chi connectivity index (χ2n) is 9.08. The number of nitrogens with zero attached hydrogens (tertiary/aromatic N) is 2. The summed E-state index contributed by atoms with van der Waals surface area (Å²) in [6.07, 6.45) is 5.56. The maximum Gasteiger partial charge on any atom is 0.338 e. The van der Waals surface area contributed by atoms with Gasteiger partial charge in [-0.25, -0.2) is 4.79 Å². The van der Waals surface area contributed by atoms with E-state index < -0.39 is 6.10 Å². The molecule has 4 heterocycles. The van der Waals surface area contributed by atoms with E-state index in [9.17, 15) is 4.79 Å². The monoisotopic (exact) mass is 458 g/mol. The molecule has 0 radical (unpaired) electrons. The van der Waals surface area contributed by atoms with Crippen LogP contribution < -0.4 is 9.47 Å². The van der Waals surface area contributed by atoms with E-state index in [1.807, 2.05) is 24.3 Å². The van der Waals surface area contributed by atoms with Gasteiger partial charge in [-0.15, -0.1) is 6.58 Å². The van der Waals surface area contributed by atoms with E-state index in [-0.39, 0.29) is 12.0 Å². The summed E-state index contributed by atoms with van der Waals surface area (Å²) in [6.45, 7) is 6.00. The number of carbonyl (C=O) groups excluding carboxylic acids is 1. The topological polar surface area (TPSA) is 60.9 Å². The summed E-state index contributed by atoms with van der Waals surface area (Å²) in [7, 11) is 3.26. The van der Waals surface area contributed by atoms with Crippen LogP contribution >= 0.6 is 0 Å². The molecule has 2 aromatic carbocycles. The van der Waals surface area contributed by atoms with Gasteiger partial charge in [0.15, 0.2) is 0 Å². The Hall–Kier alpha value is -3.38. The van der Waals surface area contributed by atoms with Crippen LogP contribution in [-0.4, -0.2) is 49.2 Å². The Morgan fingerprint density at radius 1 is 1.12 bits per heavy atom. The number of aromatic nitrogens is 1. The second-order valence-corrected chi connectivity index (χ2v) is 9.08. The standard InChI is InChI=1S/C28H30N2O4/c1-4-18-17-30-14-12-20(18)15-26(30)27(34-28(31)19-5-7-21(32-2)8-6-19)23-11-13-29-25-10-9-22(33-3)16-24(23)25/h4-11,13,16,18,20,26-27H,1,12,14-15,17H2,2-3H3/t18-,20-,26-,27+/m0/s1. The van der Waals surface area contributed by atoms with Gasteiger partial charge < -0.3 is 14.2 Å². The van der Waals surface area contributed by atoms with Crippen LogP contribution in [0.2, 0.25) is 0 Å². The molecule has 3 aromatic rings. The summed E-state index contributed by atoms with van der Waals surface area (Å²) in [5.74, 6) is 2.14. The quantitative estimate of drug-likeness (QED) is 0.365. The molecule has 6 rings (SSSR count). The van der Waals surface area contributed by atoms with Gasteiger partial charge in [0.25, 0.3) is 0 Å². The first-order valence-corrected chi connectivity index (χ1v) is 11.8. The van der Waals surface area contributed by atoms with E-state index in [2.05, 4.69) is 22.5 Å². The lowest BCUT2D eigenvalue weighted by Crippen LogP contribution is -2.55. The van der Waals surface area contributed by atoms with Crippen molar-refractivity contribution >= 4 is 16.9 Å². The molecule has 3 saturated heterocycles. The molecule has 0 amide bonds. The van der Waals surface area contributed by atoms with E-state index in [1.165, 1.54) is 0 Å². The molecule has 0 spiro atoms. The summed E-state index contributed by atoms with van der Waals surface area (Å²) >= 11 is 0. The minimum Gasteiger partial charge on any atom is -0.497 e. The van der Waals surface area contributed by atoms with Gasteiger partial charge in [0.05, 0.1) is 31.3 Å². The van der Waals surface area contributed by atoms with Crippen LogP contribution in [0.25, 0.3) is 10.9 Å². The molecular formula is C28H30N2O4. The Balaban J connectivity index is 1.54. The average Bonchev–Trinajstić information content (AvgIpc) is 2.91. The van der Waals surface area contributed by atoms with Crippen LogP contribution in [0, 0.1) is 11.8 Å². The molecule has 0 N–H and O–H groups in total. The molecule has 1 unspecified atom stereocenters. The zero-order chi connectivity index (χ0) is 23.7. The van der Waals surface area contributed by atoms with E-state index in [0.717, 1.165) is 48.1 Å². The van der Waals surface area contributed by atoms with Crippen LogP contribution in [0.4, 0.5) is 0 Å². The normalized spacial score (nSPS) is 24.4. The molecule has 5 atom stereocenters. The highest BCUT2D eigenvalue weighted by Gasteiger charge is 2.44. The molecule has 0 saturated carbocycles. The number of pyridine rings is 1. The van der Waals surface area contributed by atoms with E-state index in [1.54, 1.807) is 44.7 Å². The largest absolute Gasteiger partial charge is 0.497 e. The summed E-state index contributed by atoms with van der Waals surface area (Å²) in [5.41, 5.74) is 2.31. The molecule has 3 aliphatic rings. The van der Waals surface area contributed by atoms with Gasteiger partial charge in [0, 0.05) is 23.7 Å². The zero-order valence-corrected chi connectivity index (χ0v) is 19.6. The summed E-state index contributed by atoms with van der Waals surface area (Å²) in [5, 5.41) is 0.942. The number of benzene rings is 2. The third kappa shape index (κ3) is 4.14. The first-order valence-electron chi connectivity index (χ1n) is 11.8. The van der Waals surface area contributed by atoms with Gasteiger partial charge in [-0.3, -0.25) is 9.88 Å². The minimum absolute atomic E-state index is 0.0916. The fourth-order valence-electron chi connectivity index (χ4n) is 5.47. The third-order valence-corrected chi connectivity index (χ3v) is 7.35. The maximum atomic E-state index is 13.3. The Labute approximate surface area is 200 Å². The van der Waals surface area contributed by atoms with Crippen molar-refractivity contribution in [3.8, 4) is 11.5 Å². The van der Waals surface area contributed by atoms with Gasteiger partial charge >= 0.3 is 5.97 Å². The van der Waals surface area contributed by atoms with Crippen LogP contribution in [0.1, 0.15) is 34.9 Å². The molecule has 34 heavy (non-hydrogen) atoms. The Morgan fingerprint density at radius 2 is 1.88 bits per heavy atom. The number of piperidine rings is 3. The van der Waals surface area contributed by atoms with Crippen LogP contribution in [0.3, 0.4) is 0 Å². The van der Waals surface area contributed by atoms with Crippen molar-refractivity contribution in [2.75, 3.05) is 27.3 Å². The average molecular weight is 459 g/mol. The highest BCUT2D eigenvalue weighted by atomic mass is 16.5. The van der Waals surface area contributed by atoms with Crippen LogP contribution in [0.15, 0.2) is 67.4 Å². The second kappa shape index (κ2) is 9.47. The smallest absolute Gasteiger partial charge is 0.338 e. The number of hydrogen-bond acceptors (Lipinski definition) is 6. The molecule has 3 aliphatic heterocycles. The molecule has 2 bridgehead atoms. The Bertz CT molecular complexity index is 1190. The molecule has 3 fully saturated rings. The van der Waals surface area contributed by atoms with Crippen LogP contribution in [0.5, 0.6) is 11.5 Å². The van der Waals surface area contributed by atoms with Gasteiger partial charge in [-0.1, -0.05) is 6.08 Å². The number of fused-ring (bicyclic) bond motifs is 4. The van der Waals surface area contributed by atoms with Crippen molar-refractivity contribution in [2.45, 2.75) is 25.0 Å². The van der Waals surface area contributed by atoms with Crippen molar-refractivity contribution in [1.29, 1.82) is 0 Å². The number of methoxy groups -OCH3 is 2.